The topological polar surface area (TPSA) is 38.3 Å². The van der Waals surface area contributed by atoms with Gasteiger partial charge in [0.25, 0.3) is 0 Å². The predicted molar refractivity (Wildman–Crippen MR) is 55.5 cm³/mol. The number of ether oxygens (including phenoxy) is 1. The first-order valence-corrected chi connectivity index (χ1v) is 4.65. The van der Waals surface area contributed by atoms with Gasteiger partial charge in [-0.2, -0.15) is 0 Å². The van der Waals surface area contributed by atoms with Crippen LogP contribution >= 0.6 is 0 Å². The predicted octanol–water partition coefficient (Wildman–Crippen LogP) is 1.11. The van der Waals surface area contributed by atoms with Crippen LogP contribution in [0, 0.1) is 0 Å². The molecule has 14 heavy (non-hydrogen) atoms. The van der Waals surface area contributed by atoms with Crippen molar-refractivity contribution in [3.63, 3.8) is 0 Å². The zero-order chi connectivity index (χ0) is 10.2. The Morgan fingerprint density at radius 2 is 2.07 bits per heavy atom. The van der Waals surface area contributed by atoms with Crippen molar-refractivity contribution >= 4 is 5.78 Å². The first-order valence-electron chi connectivity index (χ1n) is 4.65. The van der Waals surface area contributed by atoms with Crippen molar-refractivity contribution < 1.29 is 9.53 Å². The molecule has 0 aliphatic rings. The van der Waals surface area contributed by atoms with Crippen LogP contribution in [0.1, 0.15) is 10.4 Å². The molecular weight excluding hydrogens is 178 g/mol. The fourth-order valence-corrected chi connectivity index (χ4v) is 1.05. The smallest absolute Gasteiger partial charge is 0.188 e. The number of rotatable bonds is 6. The number of likely N-dealkylation sites (N-methyl/N-ethyl adjacent to an activating group) is 1. The summed E-state index contributed by atoms with van der Waals surface area (Å²) in [6.07, 6.45) is 0. The first-order chi connectivity index (χ1) is 6.84. The van der Waals surface area contributed by atoms with Gasteiger partial charge in [-0.1, -0.05) is 30.3 Å². The average molecular weight is 193 g/mol. The molecule has 76 valence electrons. The van der Waals surface area contributed by atoms with Gasteiger partial charge in [0.1, 0.15) is 6.61 Å². The fourth-order valence-electron chi connectivity index (χ4n) is 1.05. The minimum absolute atomic E-state index is 0.0294. The highest BCUT2D eigenvalue weighted by Gasteiger charge is 2.03. The Kier molecular flexibility index (Phi) is 4.89. The van der Waals surface area contributed by atoms with Gasteiger partial charge in [0.15, 0.2) is 5.78 Å². The molecule has 0 radical (unpaired) electrons. The second-order valence-corrected chi connectivity index (χ2v) is 2.95. The van der Waals surface area contributed by atoms with E-state index < -0.39 is 0 Å². The van der Waals surface area contributed by atoms with Crippen LogP contribution in [-0.2, 0) is 4.74 Å². The second-order valence-electron chi connectivity index (χ2n) is 2.95. The fraction of sp³-hybridized carbons (Fsp3) is 0.364. The lowest BCUT2D eigenvalue weighted by atomic mass is 10.1. The maximum absolute atomic E-state index is 11.5. The van der Waals surface area contributed by atoms with Gasteiger partial charge < -0.3 is 10.1 Å². The van der Waals surface area contributed by atoms with Crippen LogP contribution in [0.15, 0.2) is 30.3 Å². The van der Waals surface area contributed by atoms with E-state index in [1.54, 1.807) is 12.1 Å². The molecule has 0 fully saturated rings. The molecule has 0 atom stereocenters. The van der Waals surface area contributed by atoms with Crippen molar-refractivity contribution in [1.82, 2.24) is 5.32 Å². The summed E-state index contributed by atoms with van der Waals surface area (Å²) < 4.78 is 5.18. The van der Waals surface area contributed by atoms with Crippen LogP contribution in [0.5, 0.6) is 0 Å². The second kappa shape index (κ2) is 6.29. The summed E-state index contributed by atoms with van der Waals surface area (Å²) in [5.41, 5.74) is 0.706. The number of nitrogens with one attached hydrogen (secondary N) is 1. The zero-order valence-electron chi connectivity index (χ0n) is 8.32. The third-order valence-corrected chi connectivity index (χ3v) is 1.83. The van der Waals surface area contributed by atoms with Crippen LogP contribution < -0.4 is 5.32 Å². The monoisotopic (exact) mass is 193 g/mol. The number of hydrogen-bond acceptors (Lipinski definition) is 3. The molecule has 0 amide bonds. The third-order valence-electron chi connectivity index (χ3n) is 1.83. The van der Waals surface area contributed by atoms with Crippen LogP contribution in [0.25, 0.3) is 0 Å². The van der Waals surface area contributed by atoms with Crippen molar-refractivity contribution in [3.8, 4) is 0 Å². The molecule has 1 N–H and O–H groups in total. The number of carbonyl (C=O) groups excluding carboxylic acids is 1. The molecule has 3 nitrogen and oxygen atoms in total. The molecule has 0 aliphatic carbocycles. The highest BCUT2D eigenvalue weighted by molar-refractivity contribution is 5.96. The number of ketones is 1. The minimum atomic E-state index is 0.0294. The van der Waals surface area contributed by atoms with Gasteiger partial charge in [-0.05, 0) is 7.05 Å². The highest BCUT2D eigenvalue weighted by atomic mass is 16.5. The van der Waals surface area contributed by atoms with Crippen LogP contribution in [-0.4, -0.2) is 32.6 Å². The largest absolute Gasteiger partial charge is 0.372 e. The summed E-state index contributed by atoms with van der Waals surface area (Å²) in [6, 6.07) is 9.17. The van der Waals surface area contributed by atoms with Crippen LogP contribution in [0.4, 0.5) is 0 Å². The molecule has 1 rings (SSSR count). The molecule has 0 aromatic heterocycles. The van der Waals surface area contributed by atoms with Gasteiger partial charge >= 0.3 is 0 Å². The van der Waals surface area contributed by atoms with Crippen molar-refractivity contribution in [3.05, 3.63) is 35.9 Å². The van der Waals surface area contributed by atoms with E-state index in [9.17, 15) is 4.79 Å². The van der Waals surface area contributed by atoms with E-state index in [-0.39, 0.29) is 12.4 Å². The highest BCUT2D eigenvalue weighted by Crippen LogP contribution is 1.99. The van der Waals surface area contributed by atoms with Gasteiger partial charge in [-0.15, -0.1) is 0 Å². The summed E-state index contributed by atoms with van der Waals surface area (Å²) >= 11 is 0. The number of hydrogen-bond donors (Lipinski definition) is 1. The van der Waals surface area contributed by atoms with Crippen molar-refractivity contribution in [2.75, 3.05) is 26.8 Å². The van der Waals surface area contributed by atoms with Gasteiger partial charge in [-0.25, -0.2) is 0 Å². The minimum Gasteiger partial charge on any atom is -0.372 e. The van der Waals surface area contributed by atoms with E-state index in [4.69, 9.17) is 4.74 Å². The van der Waals surface area contributed by atoms with E-state index >= 15 is 0 Å². The molecule has 0 bridgehead atoms. The maximum Gasteiger partial charge on any atom is 0.188 e. The maximum atomic E-state index is 11.5. The SMILES string of the molecule is CNCCOCC(=O)c1ccccc1. The van der Waals surface area contributed by atoms with Crippen molar-refractivity contribution in [2.45, 2.75) is 0 Å². The Labute approximate surface area is 84.1 Å². The molecule has 0 unspecified atom stereocenters. The zero-order valence-corrected chi connectivity index (χ0v) is 8.32. The normalized spacial score (nSPS) is 10.1. The van der Waals surface area contributed by atoms with Gasteiger partial charge in [0.05, 0.1) is 6.61 Å². The van der Waals surface area contributed by atoms with Crippen molar-refractivity contribution in [2.24, 2.45) is 0 Å². The van der Waals surface area contributed by atoms with E-state index in [1.807, 2.05) is 25.2 Å². The van der Waals surface area contributed by atoms with E-state index in [0.717, 1.165) is 6.54 Å². The molecule has 3 heteroatoms. The molecule has 0 saturated carbocycles. The summed E-state index contributed by atoms with van der Waals surface area (Å²) in [5.74, 6) is 0.0294. The van der Waals surface area contributed by atoms with Crippen molar-refractivity contribution in [1.29, 1.82) is 0 Å². The molecule has 1 aromatic rings. The molecular formula is C11H15NO2. The van der Waals surface area contributed by atoms with E-state index in [0.29, 0.717) is 12.2 Å². The van der Waals surface area contributed by atoms with Gasteiger partial charge in [0, 0.05) is 12.1 Å². The Morgan fingerprint density at radius 1 is 1.36 bits per heavy atom. The summed E-state index contributed by atoms with van der Waals surface area (Å²) in [4.78, 5) is 11.5. The molecule has 0 spiro atoms. The first kappa shape index (κ1) is 10.9. The Morgan fingerprint density at radius 3 is 2.71 bits per heavy atom. The Balaban J connectivity index is 2.29. The third kappa shape index (κ3) is 3.68. The summed E-state index contributed by atoms with van der Waals surface area (Å²) in [6.45, 7) is 1.49. The van der Waals surface area contributed by atoms with E-state index in [2.05, 4.69) is 5.32 Å². The van der Waals surface area contributed by atoms with Crippen LogP contribution in [0.3, 0.4) is 0 Å². The summed E-state index contributed by atoms with van der Waals surface area (Å²) in [7, 11) is 1.85. The standard InChI is InChI=1S/C11H15NO2/c1-12-7-8-14-9-11(13)10-5-3-2-4-6-10/h2-6,12H,7-9H2,1H3. The van der Waals surface area contributed by atoms with Gasteiger partial charge in [-0.3, -0.25) is 4.79 Å². The lowest BCUT2D eigenvalue weighted by Gasteiger charge is -2.02. The molecule has 0 saturated heterocycles. The summed E-state index contributed by atoms with van der Waals surface area (Å²) in [5, 5.41) is 2.94. The Hall–Kier alpha value is -1.19. The molecule has 1 aromatic carbocycles. The molecule has 0 aliphatic heterocycles. The van der Waals surface area contributed by atoms with E-state index in [1.165, 1.54) is 0 Å². The van der Waals surface area contributed by atoms with Crippen LogP contribution in [0.2, 0.25) is 0 Å². The molecule has 0 heterocycles. The lowest BCUT2D eigenvalue weighted by Crippen LogP contribution is -2.17. The Bertz CT molecular complexity index is 272. The average Bonchev–Trinajstić information content (AvgIpc) is 2.25. The quantitative estimate of drug-likeness (QED) is 0.543. The number of Topliss-reactive ketones (excluding diaryl/α,β-unsaturated/α-hetero) is 1. The van der Waals surface area contributed by atoms with Gasteiger partial charge in [0.2, 0.25) is 0 Å². The lowest BCUT2D eigenvalue weighted by molar-refractivity contribution is 0.0767. The number of carbonyl (C=O) groups is 1. The number of benzene rings is 1.